The molecule has 1 aromatic carbocycles. The van der Waals surface area contributed by atoms with Crippen LogP contribution >= 0.6 is 11.8 Å². The van der Waals surface area contributed by atoms with Gasteiger partial charge in [0, 0.05) is 29.4 Å². The van der Waals surface area contributed by atoms with E-state index in [0.717, 1.165) is 22.2 Å². The molecule has 116 valence electrons. The fraction of sp³-hybridized carbons (Fsp3) is 0.438. The summed E-state index contributed by atoms with van der Waals surface area (Å²) in [7, 11) is 2.01. The summed E-state index contributed by atoms with van der Waals surface area (Å²) in [6.07, 6.45) is 2.40. The summed E-state index contributed by atoms with van der Waals surface area (Å²) in [4.78, 5) is 12.1. The van der Waals surface area contributed by atoms with Gasteiger partial charge >= 0.3 is 5.97 Å². The molecule has 0 spiro atoms. The molecular formula is C16H24N2O2S. The summed E-state index contributed by atoms with van der Waals surface area (Å²) in [5.74, 6) is -0.961. The van der Waals surface area contributed by atoms with Gasteiger partial charge in [0.25, 0.3) is 0 Å². The summed E-state index contributed by atoms with van der Waals surface area (Å²) >= 11 is 1.69. The molecule has 5 heteroatoms. The second-order valence-corrected chi connectivity index (χ2v) is 5.48. The molecule has 0 aliphatic heterocycles. The number of carbonyl (C=O) groups is 1. The van der Waals surface area contributed by atoms with Gasteiger partial charge in [-0.25, -0.2) is 0 Å². The van der Waals surface area contributed by atoms with Gasteiger partial charge in [0.2, 0.25) is 0 Å². The summed E-state index contributed by atoms with van der Waals surface area (Å²) in [6, 6.07) is 5.25. The maximum absolute atomic E-state index is 10.9. The number of aromatic nitrogens is 1. The highest BCUT2D eigenvalue weighted by Crippen LogP contribution is 2.32. The third-order valence-electron chi connectivity index (χ3n) is 3.56. The summed E-state index contributed by atoms with van der Waals surface area (Å²) < 4.78 is 2.12. The van der Waals surface area contributed by atoms with E-state index in [1.165, 1.54) is 4.90 Å². The minimum Gasteiger partial charge on any atom is -0.480 e. The molecular weight excluding hydrogens is 284 g/mol. The predicted octanol–water partition coefficient (Wildman–Crippen LogP) is 3.19. The van der Waals surface area contributed by atoms with E-state index in [0.29, 0.717) is 6.42 Å². The second-order valence-electron chi connectivity index (χ2n) is 4.63. The molecule has 1 atom stereocenters. The van der Waals surface area contributed by atoms with Gasteiger partial charge in [0.1, 0.15) is 6.04 Å². The molecule has 0 fully saturated rings. The lowest BCUT2D eigenvalue weighted by molar-refractivity contribution is -0.138. The van der Waals surface area contributed by atoms with Crippen LogP contribution in [0.4, 0.5) is 0 Å². The van der Waals surface area contributed by atoms with Crippen LogP contribution in [-0.4, -0.2) is 27.9 Å². The topological polar surface area (TPSA) is 68.2 Å². The van der Waals surface area contributed by atoms with E-state index in [2.05, 4.69) is 10.6 Å². The lowest BCUT2D eigenvalue weighted by Crippen LogP contribution is -2.32. The van der Waals surface area contributed by atoms with Crippen LogP contribution < -0.4 is 5.73 Å². The highest BCUT2D eigenvalue weighted by Gasteiger charge is 2.19. The zero-order chi connectivity index (χ0) is 16.2. The van der Waals surface area contributed by atoms with E-state index in [-0.39, 0.29) is 0 Å². The van der Waals surface area contributed by atoms with E-state index in [4.69, 9.17) is 10.8 Å². The van der Waals surface area contributed by atoms with Gasteiger partial charge < -0.3 is 15.4 Å². The van der Waals surface area contributed by atoms with Crippen molar-refractivity contribution < 1.29 is 9.90 Å². The number of hydrogen-bond acceptors (Lipinski definition) is 3. The first-order valence-corrected chi connectivity index (χ1v) is 8.29. The Balaban J connectivity index is 0.00000106. The first-order chi connectivity index (χ1) is 9.97. The second kappa shape index (κ2) is 7.52. The molecule has 4 nitrogen and oxygen atoms in total. The Morgan fingerprint density at radius 3 is 2.57 bits per heavy atom. The average molecular weight is 308 g/mol. The van der Waals surface area contributed by atoms with Crippen LogP contribution in [0.25, 0.3) is 10.9 Å². The van der Waals surface area contributed by atoms with Crippen LogP contribution in [0.2, 0.25) is 0 Å². The van der Waals surface area contributed by atoms with E-state index in [1.54, 1.807) is 11.8 Å². The van der Waals surface area contributed by atoms with Gasteiger partial charge in [-0.3, -0.25) is 4.79 Å². The SMILES string of the molecule is CC.CSc1cccc2c(CC(N)C(=O)O)c(C)n(C)c12. The fourth-order valence-electron chi connectivity index (χ4n) is 2.41. The Bertz CT molecular complexity index is 635. The van der Waals surface area contributed by atoms with E-state index < -0.39 is 12.0 Å². The number of aryl methyl sites for hydroxylation is 1. The van der Waals surface area contributed by atoms with Crippen LogP contribution in [0.3, 0.4) is 0 Å². The largest absolute Gasteiger partial charge is 0.480 e. The zero-order valence-electron chi connectivity index (χ0n) is 13.3. The molecule has 1 unspecified atom stereocenters. The third kappa shape index (κ3) is 3.41. The van der Waals surface area contributed by atoms with Crippen LogP contribution in [0.15, 0.2) is 23.1 Å². The van der Waals surface area contributed by atoms with Gasteiger partial charge in [-0.2, -0.15) is 0 Å². The molecule has 21 heavy (non-hydrogen) atoms. The number of fused-ring (bicyclic) bond motifs is 1. The van der Waals surface area contributed by atoms with Crippen molar-refractivity contribution in [3.05, 3.63) is 29.5 Å². The molecule has 2 rings (SSSR count). The first-order valence-electron chi connectivity index (χ1n) is 7.06. The molecule has 3 N–H and O–H groups in total. The number of aliphatic carboxylic acids is 1. The molecule has 1 heterocycles. The maximum atomic E-state index is 10.9. The predicted molar refractivity (Wildman–Crippen MR) is 90.1 cm³/mol. The van der Waals surface area contributed by atoms with Crippen molar-refractivity contribution in [2.75, 3.05) is 6.26 Å². The summed E-state index contributed by atoms with van der Waals surface area (Å²) in [5, 5.41) is 10.1. The number of rotatable bonds is 4. The van der Waals surface area contributed by atoms with Gasteiger partial charge in [0.15, 0.2) is 0 Å². The molecule has 0 aliphatic carbocycles. The molecule has 0 bridgehead atoms. The Kier molecular flexibility index (Phi) is 6.30. The smallest absolute Gasteiger partial charge is 0.320 e. The average Bonchev–Trinajstić information content (AvgIpc) is 2.74. The number of carboxylic acid groups (broad SMARTS) is 1. The van der Waals surface area contributed by atoms with E-state index in [1.807, 2.05) is 46.2 Å². The molecule has 2 aromatic rings. The highest BCUT2D eigenvalue weighted by molar-refractivity contribution is 7.98. The van der Waals surface area contributed by atoms with Gasteiger partial charge in [-0.15, -0.1) is 11.8 Å². The molecule has 1 aromatic heterocycles. The molecule has 0 saturated heterocycles. The fourth-order valence-corrected chi connectivity index (χ4v) is 3.06. The van der Waals surface area contributed by atoms with Crippen molar-refractivity contribution >= 4 is 28.6 Å². The minimum absolute atomic E-state index is 0.357. The monoisotopic (exact) mass is 308 g/mol. The number of para-hydroxylation sites is 1. The first kappa shape index (κ1) is 17.6. The Morgan fingerprint density at radius 2 is 2.05 bits per heavy atom. The number of hydrogen-bond donors (Lipinski definition) is 2. The molecule has 0 amide bonds. The van der Waals surface area contributed by atoms with Crippen LogP contribution in [-0.2, 0) is 18.3 Å². The van der Waals surface area contributed by atoms with Crippen molar-refractivity contribution in [2.45, 2.75) is 38.1 Å². The van der Waals surface area contributed by atoms with Crippen molar-refractivity contribution in [3.8, 4) is 0 Å². The number of nitrogens with two attached hydrogens (primary N) is 1. The van der Waals surface area contributed by atoms with E-state index >= 15 is 0 Å². The molecule has 0 radical (unpaired) electrons. The summed E-state index contributed by atoms with van der Waals surface area (Å²) in [5.41, 5.74) is 8.93. The standard InChI is InChI=1S/C14H18N2O2S.C2H6/c1-8-10(7-11(15)14(17)18)9-5-4-6-12(19-3)13(9)16(8)2;1-2/h4-6,11H,7,15H2,1-3H3,(H,17,18);1-2H3. The van der Waals surface area contributed by atoms with E-state index in [9.17, 15) is 4.79 Å². The van der Waals surface area contributed by atoms with Crippen LogP contribution in [0.1, 0.15) is 25.1 Å². The normalized spacial score (nSPS) is 11.9. The lowest BCUT2D eigenvalue weighted by Gasteiger charge is -2.07. The number of benzene rings is 1. The quantitative estimate of drug-likeness (QED) is 0.851. The maximum Gasteiger partial charge on any atom is 0.320 e. The number of nitrogens with zero attached hydrogens (tertiary/aromatic N) is 1. The van der Waals surface area contributed by atoms with Crippen molar-refractivity contribution in [3.63, 3.8) is 0 Å². The minimum atomic E-state index is -0.961. The van der Waals surface area contributed by atoms with Crippen molar-refractivity contribution in [2.24, 2.45) is 12.8 Å². The van der Waals surface area contributed by atoms with Gasteiger partial charge in [0.05, 0.1) is 5.52 Å². The van der Waals surface area contributed by atoms with Gasteiger partial charge in [-0.05, 0) is 24.8 Å². The number of thioether (sulfide) groups is 1. The zero-order valence-corrected chi connectivity index (χ0v) is 14.1. The van der Waals surface area contributed by atoms with Crippen molar-refractivity contribution in [1.29, 1.82) is 0 Å². The highest BCUT2D eigenvalue weighted by atomic mass is 32.2. The lowest BCUT2D eigenvalue weighted by atomic mass is 10.0. The molecule has 0 saturated carbocycles. The summed E-state index contributed by atoms with van der Waals surface area (Å²) in [6.45, 7) is 6.01. The van der Waals surface area contributed by atoms with Gasteiger partial charge in [-0.1, -0.05) is 26.0 Å². The third-order valence-corrected chi connectivity index (χ3v) is 4.33. The Morgan fingerprint density at radius 1 is 1.43 bits per heavy atom. The van der Waals surface area contributed by atoms with Crippen molar-refractivity contribution in [1.82, 2.24) is 4.57 Å². The Hall–Kier alpha value is -1.46. The van der Waals surface area contributed by atoms with Crippen LogP contribution in [0.5, 0.6) is 0 Å². The molecule has 0 aliphatic rings. The Labute approximate surface area is 130 Å². The van der Waals surface area contributed by atoms with Crippen LogP contribution in [0, 0.1) is 6.92 Å². The number of carboxylic acids is 1.